The molecule has 3 aromatic carbocycles. The van der Waals surface area contributed by atoms with E-state index in [4.69, 9.17) is 5.10 Å². The summed E-state index contributed by atoms with van der Waals surface area (Å²) >= 11 is 0. The molecule has 0 saturated heterocycles. The third kappa shape index (κ3) is 3.65. The van der Waals surface area contributed by atoms with Gasteiger partial charge in [-0.2, -0.15) is 9.61 Å². The summed E-state index contributed by atoms with van der Waals surface area (Å²) in [4.78, 5) is 17.0. The van der Waals surface area contributed by atoms with Gasteiger partial charge in [0.2, 0.25) is 0 Å². The minimum absolute atomic E-state index is 0.162. The SMILES string of the molecule is O=C(Nc1cccc(-c2ccc3nnc(-c4ccncc4)n3n2)c1)c1ccc2ccccc2c1. The molecule has 6 rings (SSSR count). The minimum atomic E-state index is -0.162. The Bertz CT molecular complexity index is 1660. The van der Waals surface area contributed by atoms with Gasteiger partial charge >= 0.3 is 0 Å². The number of fused-ring (bicyclic) bond motifs is 2. The molecule has 0 aliphatic heterocycles. The van der Waals surface area contributed by atoms with E-state index in [2.05, 4.69) is 20.5 Å². The summed E-state index contributed by atoms with van der Waals surface area (Å²) in [6, 6.07) is 28.8. The first kappa shape index (κ1) is 19.8. The van der Waals surface area contributed by atoms with Crippen molar-refractivity contribution in [3.05, 3.63) is 109 Å². The lowest BCUT2D eigenvalue weighted by molar-refractivity contribution is 0.102. The lowest BCUT2D eigenvalue weighted by Crippen LogP contribution is -2.11. The van der Waals surface area contributed by atoms with Gasteiger partial charge in [-0.3, -0.25) is 9.78 Å². The van der Waals surface area contributed by atoms with E-state index in [0.717, 1.165) is 27.6 Å². The van der Waals surface area contributed by atoms with Crippen LogP contribution < -0.4 is 5.32 Å². The van der Waals surface area contributed by atoms with Crippen LogP contribution in [0.2, 0.25) is 0 Å². The van der Waals surface area contributed by atoms with Crippen LogP contribution in [-0.2, 0) is 0 Å². The molecular formula is C27H18N6O. The largest absolute Gasteiger partial charge is 0.322 e. The van der Waals surface area contributed by atoms with E-state index >= 15 is 0 Å². The molecule has 1 N–H and O–H groups in total. The lowest BCUT2D eigenvalue weighted by Gasteiger charge is -2.09. The summed E-state index contributed by atoms with van der Waals surface area (Å²) in [5, 5.41) is 18.4. The summed E-state index contributed by atoms with van der Waals surface area (Å²) in [5.74, 6) is 0.477. The van der Waals surface area contributed by atoms with Crippen LogP contribution in [0.5, 0.6) is 0 Å². The molecule has 162 valence electrons. The van der Waals surface area contributed by atoms with Gasteiger partial charge in [-0.1, -0.05) is 42.5 Å². The standard InChI is InChI=1S/C27H18N6O/c34-27(22-9-8-18-4-1-2-5-20(18)16-22)29-23-7-3-6-21(17-23)24-10-11-25-30-31-26(33(25)32-24)19-12-14-28-15-13-19/h1-17H,(H,29,34). The molecule has 3 heterocycles. The molecule has 0 aliphatic carbocycles. The van der Waals surface area contributed by atoms with Crippen molar-refractivity contribution in [1.82, 2.24) is 24.8 Å². The number of carbonyl (C=O) groups is 1. The Balaban J connectivity index is 1.31. The van der Waals surface area contributed by atoms with Crippen LogP contribution in [0.25, 0.3) is 39.1 Å². The van der Waals surface area contributed by atoms with Crippen LogP contribution in [0.1, 0.15) is 10.4 Å². The Hall–Kier alpha value is -4.91. The van der Waals surface area contributed by atoms with Crippen LogP contribution in [-0.4, -0.2) is 30.7 Å². The number of nitrogens with one attached hydrogen (secondary N) is 1. The molecule has 0 fully saturated rings. The minimum Gasteiger partial charge on any atom is -0.322 e. The Morgan fingerprint density at radius 1 is 0.735 bits per heavy atom. The number of benzene rings is 3. The predicted molar refractivity (Wildman–Crippen MR) is 131 cm³/mol. The highest BCUT2D eigenvalue weighted by molar-refractivity contribution is 6.06. The van der Waals surface area contributed by atoms with Gasteiger partial charge in [0.1, 0.15) is 0 Å². The van der Waals surface area contributed by atoms with Crippen LogP contribution in [0, 0.1) is 0 Å². The number of rotatable bonds is 4. The van der Waals surface area contributed by atoms with Gasteiger partial charge in [0.05, 0.1) is 5.69 Å². The van der Waals surface area contributed by atoms with Crippen molar-refractivity contribution in [2.24, 2.45) is 0 Å². The molecule has 7 nitrogen and oxygen atoms in total. The normalized spacial score (nSPS) is 11.1. The van der Waals surface area contributed by atoms with Crippen molar-refractivity contribution < 1.29 is 4.79 Å². The maximum Gasteiger partial charge on any atom is 0.255 e. The summed E-state index contributed by atoms with van der Waals surface area (Å²) in [6.07, 6.45) is 3.42. The van der Waals surface area contributed by atoms with Crippen LogP contribution >= 0.6 is 0 Å². The van der Waals surface area contributed by atoms with Gasteiger partial charge in [0.15, 0.2) is 11.5 Å². The molecule has 0 atom stereocenters. The number of amides is 1. The maximum atomic E-state index is 12.9. The zero-order valence-electron chi connectivity index (χ0n) is 18.0. The summed E-state index contributed by atoms with van der Waals surface area (Å²) in [5.41, 5.74) is 4.43. The van der Waals surface area contributed by atoms with Gasteiger partial charge < -0.3 is 5.32 Å². The number of nitrogens with zero attached hydrogens (tertiary/aromatic N) is 5. The summed E-state index contributed by atoms with van der Waals surface area (Å²) in [7, 11) is 0. The average Bonchev–Trinajstić information content (AvgIpc) is 3.32. The second-order valence-electron chi connectivity index (χ2n) is 7.84. The summed E-state index contributed by atoms with van der Waals surface area (Å²) < 4.78 is 1.71. The maximum absolute atomic E-state index is 12.9. The fraction of sp³-hybridized carbons (Fsp3) is 0. The van der Waals surface area contributed by atoms with Gasteiger partial charge in [-0.15, -0.1) is 10.2 Å². The molecule has 34 heavy (non-hydrogen) atoms. The van der Waals surface area contributed by atoms with E-state index < -0.39 is 0 Å². The third-order valence-electron chi connectivity index (χ3n) is 5.63. The monoisotopic (exact) mass is 442 g/mol. The third-order valence-corrected chi connectivity index (χ3v) is 5.63. The molecular weight excluding hydrogens is 424 g/mol. The zero-order chi connectivity index (χ0) is 22.9. The van der Waals surface area contributed by atoms with Crippen molar-refractivity contribution in [1.29, 1.82) is 0 Å². The zero-order valence-corrected chi connectivity index (χ0v) is 18.0. The topological polar surface area (TPSA) is 85.1 Å². The van der Waals surface area contributed by atoms with Gasteiger partial charge in [0, 0.05) is 34.8 Å². The van der Waals surface area contributed by atoms with Crippen molar-refractivity contribution >= 4 is 28.0 Å². The van der Waals surface area contributed by atoms with E-state index in [1.165, 1.54) is 0 Å². The number of carbonyl (C=O) groups excluding carboxylic acids is 1. The highest BCUT2D eigenvalue weighted by atomic mass is 16.1. The van der Waals surface area contributed by atoms with Gasteiger partial charge in [0.25, 0.3) is 5.91 Å². The molecule has 0 unspecified atom stereocenters. The fourth-order valence-corrected chi connectivity index (χ4v) is 3.91. The van der Waals surface area contributed by atoms with Crippen LogP contribution in [0.3, 0.4) is 0 Å². The van der Waals surface area contributed by atoms with Crippen LogP contribution in [0.15, 0.2) is 103 Å². The molecule has 0 aliphatic rings. The van der Waals surface area contributed by atoms with Crippen molar-refractivity contribution in [3.63, 3.8) is 0 Å². The van der Waals surface area contributed by atoms with E-state index in [0.29, 0.717) is 22.7 Å². The average molecular weight is 442 g/mol. The second kappa shape index (κ2) is 8.22. The molecule has 6 aromatic rings. The number of anilines is 1. The first-order valence-corrected chi connectivity index (χ1v) is 10.8. The predicted octanol–water partition coefficient (Wildman–Crippen LogP) is 5.26. The van der Waals surface area contributed by atoms with E-state index in [-0.39, 0.29) is 5.91 Å². The molecule has 3 aromatic heterocycles. The second-order valence-corrected chi connectivity index (χ2v) is 7.84. The molecule has 0 bridgehead atoms. The van der Waals surface area contributed by atoms with E-state index in [1.54, 1.807) is 16.9 Å². The van der Waals surface area contributed by atoms with Crippen LogP contribution in [0.4, 0.5) is 5.69 Å². The highest BCUT2D eigenvalue weighted by Gasteiger charge is 2.12. The molecule has 0 saturated carbocycles. The first-order valence-electron chi connectivity index (χ1n) is 10.8. The van der Waals surface area contributed by atoms with Gasteiger partial charge in [-0.05, 0) is 59.3 Å². The Morgan fingerprint density at radius 3 is 2.47 bits per heavy atom. The number of pyridine rings is 1. The highest BCUT2D eigenvalue weighted by Crippen LogP contribution is 2.24. The Kier molecular flexibility index (Phi) is 4.77. The Labute approximate surface area is 194 Å². The number of aromatic nitrogens is 5. The first-order chi connectivity index (χ1) is 16.7. The lowest BCUT2D eigenvalue weighted by atomic mass is 10.1. The van der Waals surface area contributed by atoms with Crippen molar-refractivity contribution in [2.45, 2.75) is 0 Å². The van der Waals surface area contributed by atoms with Crippen molar-refractivity contribution in [2.75, 3.05) is 5.32 Å². The smallest absolute Gasteiger partial charge is 0.255 e. The molecule has 0 spiro atoms. The van der Waals surface area contributed by atoms with E-state index in [9.17, 15) is 4.79 Å². The summed E-state index contributed by atoms with van der Waals surface area (Å²) in [6.45, 7) is 0. The number of hydrogen-bond acceptors (Lipinski definition) is 5. The fourth-order valence-electron chi connectivity index (χ4n) is 3.91. The molecule has 7 heteroatoms. The quantitative estimate of drug-likeness (QED) is 0.403. The number of hydrogen-bond donors (Lipinski definition) is 1. The Morgan fingerprint density at radius 2 is 1.59 bits per heavy atom. The van der Waals surface area contributed by atoms with E-state index in [1.807, 2.05) is 91.0 Å². The molecule has 1 amide bonds. The van der Waals surface area contributed by atoms with Crippen molar-refractivity contribution in [3.8, 4) is 22.6 Å². The van der Waals surface area contributed by atoms with Gasteiger partial charge in [-0.25, -0.2) is 0 Å². The molecule has 0 radical (unpaired) electrons.